The first-order valence-corrected chi connectivity index (χ1v) is 7.07. The van der Waals surface area contributed by atoms with Gasteiger partial charge in [-0.05, 0) is 24.3 Å². The van der Waals surface area contributed by atoms with Crippen molar-refractivity contribution >= 4 is 28.2 Å². The average molecular weight is 310 g/mol. The molecule has 3 aromatic rings. The van der Waals surface area contributed by atoms with E-state index in [0.29, 0.717) is 22.2 Å². The number of halogens is 1. The third-order valence-electron chi connectivity index (χ3n) is 3.71. The molecule has 0 N–H and O–H groups in total. The Morgan fingerprint density at radius 1 is 1.17 bits per heavy atom. The zero-order valence-electron chi connectivity index (χ0n) is 12.8. The molecule has 1 heterocycles. The molecule has 0 aliphatic rings. The lowest BCUT2D eigenvalue weighted by Gasteiger charge is -2.21. The van der Waals surface area contributed by atoms with Gasteiger partial charge in [0, 0.05) is 12.4 Å². The van der Waals surface area contributed by atoms with E-state index >= 15 is 0 Å². The van der Waals surface area contributed by atoms with Gasteiger partial charge in [-0.25, -0.2) is 9.18 Å². The van der Waals surface area contributed by atoms with Crippen molar-refractivity contribution in [3.63, 3.8) is 0 Å². The minimum Gasteiger partial charge on any atom is -0.465 e. The van der Waals surface area contributed by atoms with Gasteiger partial charge in [0.2, 0.25) is 0 Å². The number of benzene rings is 2. The maximum absolute atomic E-state index is 13.7. The summed E-state index contributed by atoms with van der Waals surface area (Å²) in [7, 11) is 3.17. The number of aromatic nitrogens is 1. The molecule has 5 heteroatoms. The van der Waals surface area contributed by atoms with E-state index in [2.05, 4.69) is 4.98 Å². The van der Waals surface area contributed by atoms with Crippen LogP contribution in [0.4, 0.5) is 15.8 Å². The van der Waals surface area contributed by atoms with Crippen molar-refractivity contribution < 1.29 is 13.9 Å². The van der Waals surface area contributed by atoms with E-state index in [1.54, 1.807) is 30.5 Å². The van der Waals surface area contributed by atoms with E-state index < -0.39 is 5.97 Å². The predicted octanol–water partition coefficient (Wildman–Crippen LogP) is 3.93. The number of esters is 1. The molecule has 0 fully saturated rings. The third-order valence-corrected chi connectivity index (χ3v) is 3.71. The second kappa shape index (κ2) is 6.04. The fourth-order valence-corrected chi connectivity index (χ4v) is 2.48. The molecule has 23 heavy (non-hydrogen) atoms. The fraction of sp³-hybridized carbons (Fsp3) is 0.111. The molecule has 2 aromatic carbocycles. The Morgan fingerprint density at radius 2 is 1.96 bits per heavy atom. The maximum Gasteiger partial charge on any atom is 0.339 e. The summed E-state index contributed by atoms with van der Waals surface area (Å²) in [6.45, 7) is 0. The van der Waals surface area contributed by atoms with Crippen LogP contribution in [-0.2, 0) is 4.74 Å². The average Bonchev–Trinajstić information content (AvgIpc) is 2.60. The summed E-state index contributed by atoms with van der Waals surface area (Å²) in [6.07, 6.45) is 1.58. The molecular formula is C18H15FN2O2. The highest BCUT2D eigenvalue weighted by Gasteiger charge is 2.16. The molecule has 0 aliphatic heterocycles. The zero-order chi connectivity index (χ0) is 16.4. The first kappa shape index (κ1) is 15.0. The third kappa shape index (κ3) is 2.73. The summed E-state index contributed by atoms with van der Waals surface area (Å²) in [4.78, 5) is 17.9. The molecule has 0 unspecified atom stereocenters. The van der Waals surface area contributed by atoms with Gasteiger partial charge in [-0.15, -0.1) is 0 Å². The van der Waals surface area contributed by atoms with Crippen molar-refractivity contribution in [1.29, 1.82) is 0 Å². The molecule has 0 saturated heterocycles. The van der Waals surface area contributed by atoms with Crippen LogP contribution in [0.1, 0.15) is 10.4 Å². The molecule has 4 nitrogen and oxygen atoms in total. The van der Waals surface area contributed by atoms with Gasteiger partial charge in [-0.3, -0.25) is 4.98 Å². The van der Waals surface area contributed by atoms with Crippen LogP contribution in [0.3, 0.4) is 0 Å². The second-order valence-corrected chi connectivity index (χ2v) is 5.07. The lowest BCUT2D eigenvalue weighted by atomic mass is 10.1. The summed E-state index contributed by atoms with van der Waals surface area (Å²) in [5.41, 5.74) is 2.22. The Hall–Kier alpha value is -2.95. The number of ether oxygens (including phenoxy) is 1. The Morgan fingerprint density at radius 3 is 2.74 bits per heavy atom. The number of hydrogen-bond acceptors (Lipinski definition) is 4. The molecule has 0 atom stereocenters. The summed E-state index contributed by atoms with van der Waals surface area (Å²) in [5, 5.41) is 0.699. The molecular weight excluding hydrogens is 295 g/mol. The molecule has 0 bridgehead atoms. The largest absolute Gasteiger partial charge is 0.465 e. The topological polar surface area (TPSA) is 42.4 Å². The van der Waals surface area contributed by atoms with Crippen LogP contribution in [0.2, 0.25) is 0 Å². The van der Waals surface area contributed by atoms with Crippen molar-refractivity contribution in [3.05, 3.63) is 66.1 Å². The van der Waals surface area contributed by atoms with E-state index in [4.69, 9.17) is 4.74 Å². The molecule has 3 rings (SSSR count). The Bertz CT molecular complexity index is 880. The number of nitrogens with zero attached hydrogens (tertiary/aromatic N) is 2. The summed E-state index contributed by atoms with van der Waals surface area (Å²) >= 11 is 0. The molecule has 116 valence electrons. The van der Waals surface area contributed by atoms with Crippen LogP contribution in [0.5, 0.6) is 0 Å². The normalized spacial score (nSPS) is 10.6. The van der Waals surface area contributed by atoms with Gasteiger partial charge >= 0.3 is 5.97 Å². The number of fused-ring (bicyclic) bond motifs is 1. The number of carbonyl (C=O) groups is 1. The molecule has 0 saturated carbocycles. The second-order valence-electron chi connectivity index (χ2n) is 5.07. The van der Waals surface area contributed by atoms with Gasteiger partial charge in [0.15, 0.2) is 0 Å². The quantitative estimate of drug-likeness (QED) is 0.687. The molecule has 0 radical (unpaired) electrons. The summed E-state index contributed by atoms with van der Waals surface area (Å²) in [6, 6.07) is 13.8. The molecule has 0 spiro atoms. The van der Waals surface area contributed by atoms with E-state index in [9.17, 15) is 9.18 Å². The maximum atomic E-state index is 13.7. The van der Waals surface area contributed by atoms with Crippen molar-refractivity contribution in [2.75, 3.05) is 19.1 Å². The van der Waals surface area contributed by atoms with E-state index in [1.807, 2.05) is 30.1 Å². The zero-order valence-corrected chi connectivity index (χ0v) is 12.8. The molecule has 0 aliphatic carbocycles. The van der Waals surface area contributed by atoms with Crippen LogP contribution in [0.15, 0.2) is 54.7 Å². The van der Waals surface area contributed by atoms with Gasteiger partial charge in [0.05, 0.1) is 30.2 Å². The summed E-state index contributed by atoms with van der Waals surface area (Å²) in [5.74, 6) is -0.765. The van der Waals surface area contributed by atoms with Crippen molar-refractivity contribution in [1.82, 2.24) is 4.98 Å². The first-order chi connectivity index (χ1) is 11.1. The predicted molar refractivity (Wildman–Crippen MR) is 87.5 cm³/mol. The number of anilines is 2. The van der Waals surface area contributed by atoms with E-state index in [-0.39, 0.29) is 5.82 Å². The van der Waals surface area contributed by atoms with E-state index in [0.717, 1.165) is 5.69 Å². The van der Waals surface area contributed by atoms with Gasteiger partial charge in [0.1, 0.15) is 11.3 Å². The summed E-state index contributed by atoms with van der Waals surface area (Å²) < 4.78 is 18.5. The highest BCUT2D eigenvalue weighted by molar-refractivity contribution is 5.97. The lowest BCUT2D eigenvalue weighted by Crippen LogP contribution is -2.15. The van der Waals surface area contributed by atoms with Crippen molar-refractivity contribution in [2.24, 2.45) is 0 Å². The van der Waals surface area contributed by atoms with Crippen molar-refractivity contribution in [3.8, 4) is 0 Å². The highest BCUT2D eigenvalue weighted by atomic mass is 19.1. The molecule has 0 amide bonds. The Balaban J connectivity index is 2.07. The smallest absolute Gasteiger partial charge is 0.339 e. The SMILES string of the molecule is COC(=O)c1ccccc1N(C)c1cnc2c(F)cccc2c1. The van der Waals surface area contributed by atoms with Crippen LogP contribution in [-0.4, -0.2) is 25.1 Å². The van der Waals surface area contributed by atoms with Crippen LogP contribution in [0, 0.1) is 5.82 Å². The number of methoxy groups -OCH3 is 1. The van der Waals surface area contributed by atoms with Crippen molar-refractivity contribution in [2.45, 2.75) is 0 Å². The fourth-order valence-electron chi connectivity index (χ4n) is 2.48. The monoisotopic (exact) mass is 310 g/mol. The number of rotatable bonds is 3. The molecule has 1 aromatic heterocycles. The van der Waals surface area contributed by atoms with Gasteiger partial charge in [-0.2, -0.15) is 0 Å². The van der Waals surface area contributed by atoms with Crippen LogP contribution in [0.25, 0.3) is 10.9 Å². The number of pyridine rings is 1. The highest BCUT2D eigenvalue weighted by Crippen LogP contribution is 2.29. The number of carbonyl (C=O) groups excluding carboxylic acids is 1. The number of para-hydroxylation sites is 2. The Labute approximate surface area is 133 Å². The first-order valence-electron chi connectivity index (χ1n) is 7.07. The van der Waals surface area contributed by atoms with Gasteiger partial charge in [0.25, 0.3) is 0 Å². The Kier molecular flexibility index (Phi) is 3.93. The van der Waals surface area contributed by atoms with E-state index in [1.165, 1.54) is 13.2 Å². The number of hydrogen-bond donors (Lipinski definition) is 0. The standard InChI is InChI=1S/C18H15FN2O2/c1-21(16-9-4-3-7-14(16)18(22)23-2)13-10-12-6-5-8-15(19)17(12)20-11-13/h3-11H,1-2H3. The lowest BCUT2D eigenvalue weighted by molar-refractivity contribution is 0.0601. The minimum atomic E-state index is -0.410. The van der Waals surface area contributed by atoms with Crippen LogP contribution < -0.4 is 4.90 Å². The van der Waals surface area contributed by atoms with Crippen LogP contribution >= 0.6 is 0 Å². The van der Waals surface area contributed by atoms with Gasteiger partial charge < -0.3 is 9.64 Å². The van der Waals surface area contributed by atoms with Gasteiger partial charge in [-0.1, -0.05) is 24.3 Å². The minimum absolute atomic E-state index is 0.325.